The van der Waals surface area contributed by atoms with Crippen molar-refractivity contribution in [2.75, 3.05) is 14.2 Å². The summed E-state index contributed by atoms with van der Waals surface area (Å²) in [5.41, 5.74) is 1.86. The summed E-state index contributed by atoms with van der Waals surface area (Å²) < 4.78 is 10.4. The molecule has 0 N–H and O–H groups in total. The minimum atomic E-state index is 0.116. The number of benzene rings is 1. The molecule has 0 bridgehead atoms. The third kappa shape index (κ3) is 1.66. The molecule has 3 heteroatoms. The number of ether oxygens (including phenoxy) is 2. The smallest absolute Gasteiger partial charge is 0.166 e. The molecule has 3 nitrogen and oxygen atoms in total. The molecule has 0 spiro atoms. The molecular formula is C13H16O3. The van der Waals surface area contributed by atoms with Gasteiger partial charge in [-0.05, 0) is 30.5 Å². The van der Waals surface area contributed by atoms with E-state index < -0.39 is 0 Å². The van der Waals surface area contributed by atoms with Crippen LogP contribution in [0.1, 0.15) is 29.3 Å². The van der Waals surface area contributed by atoms with Crippen LogP contribution in [0.5, 0.6) is 11.5 Å². The Bertz CT molecular complexity index is 423. The maximum absolute atomic E-state index is 12.0. The Hall–Kier alpha value is -1.51. The third-order valence-corrected chi connectivity index (χ3v) is 3.17. The zero-order valence-electron chi connectivity index (χ0n) is 9.87. The highest BCUT2D eigenvalue weighted by atomic mass is 16.5. The van der Waals surface area contributed by atoms with Gasteiger partial charge < -0.3 is 9.47 Å². The van der Waals surface area contributed by atoms with Crippen molar-refractivity contribution < 1.29 is 14.3 Å². The number of Topliss-reactive ketones (excluding diaryl/α,β-unsaturated/α-hetero) is 1. The molecule has 0 fully saturated rings. The summed E-state index contributed by atoms with van der Waals surface area (Å²) in [4.78, 5) is 12.0. The van der Waals surface area contributed by atoms with Gasteiger partial charge in [-0.3, -0.25) is 4.79 Å². The number of ketones is 1. The van der Waals surface area contributed by atoms with Crippen LogP contribution in [-0.2, 0) is 6.42 Å². The van der Waals surface area contributed by atoms with E-state index >= 15 is 0 Å². The van der Waals surface area contributed by atoms with Gasteiger partial charge in [-0.2, -0.15) is 0 Å². The van der Waals surface area contributed by atoms with E-state index in [-0.39, 0.29) is 11.7 Å². The summed E-state index contributed by atoms with van der Waals surface area (Å²) in [6.45, 7) is 1.97. The van der Waals surface area contributed by atoms with Crippen molar-refractivity contribution in [3.63, 3.8) is 0 Å². The molecule has 0 aromatic heterocycles. The van der Waals surface area contributed by atoms with Crippen LogP contribution in [0, 0.1) is 5.92 Å². The molecule has 86 valence electrons. The van der Waals surface area contributed by atoms with Gasteiger partial charge in [0.2, 0.25) is 0 Å². The van der Waals surface area contributed by atoms with Crippen molar-refractivity contribution in [1.29, 1.82) is 0 Å². The first-order chi connectivity index (χ1) is 7.67. The van der Waals surface area contributed by atoms with E-state index in [1.807, 2.05) is 13.0 Å². The number of aryl methyl sites for hydroxylation is 1. The fourth-order valence-corrected chi connectivity index (χ4v) is 2.13. The van der Waals surface area contributed by atoms with Crippen LogP contribution in [-0.4, -0.2) is 20.0 Å². The van der Waals surface area contributed by atoms with Gasteiger partial charge in [0.25, 0.3) is 0 Å². The van der Waals surface area contributed by atoms with Gasteiger partial charge in [-0.1, -0.05) is 6.92 Å². The van der Waals surface area contributed by atoms with E-state index in [1.54, 1.807) is 20.3 Å². The number of fused-ring (bicyclic) bond motifs is 1. The van der Waals surface area contributed by atoms with E-state index in [0.717, 1.165) is 24.0 Å². The van der Waals surface area contributed by atoms with Gasteiger partial charge in [-0.15, -0.1) is 0 Å². The van der Waals surface area contributed by atoms with Gasteiger partial charge in [0.05, 0.1) is 14.2 Å². The summed E-state index contributed by atoms with van der Waals surface area (Å²) in [5.74, 6) is 1.65. The molecule has 0 aliphatic heterocycles. The molecule has 16 heavy (non-hydrogen) atoms. The molecule has 1 aliphatic rings. The molecule has 0 radical (unpaired) electrons. The standard InChI is InChI=1S/C13H16O3/c1-8-4-5-9-6-11(15-2)12(16-3)7-10(9)13(8)14/h6-8H,4-5H2,1-3H3/t8-/m0/s1. The normalized spacial score (nSPS) is 19.2. The predicted molar refractivity (Wildman–Crippen MR) is 61.4 cm³/mol. The zero-order chi connectivity index (χ0) is 11.7. The van der Waals surface area contributed by atoms with Crippen LogP contribution in [0.2, 0.25) is 0 Å². The van der Waals surface area contributed by atoms with Crippen LogP contribution in [0.15, 0.2) is 12.1 Å². The highest BCUT2D eigenvalue weighted by Crippen LogP contribution is 2.35. The Kier molecular flexibility index (Phi) is 2.86. The van der Waals surface area contributed by atoms with Crippen molar-refractivity contribution in [3.8, 4) is 11.5 Å². The number of hydrogen-bond donors (Lipinski definition) is 0. The average Bonchev–Trinajstić information content (AvgIpc) is 2.32. The Labute approximate surface area is 95.4 Å². The lowest BCUT2D eigenvalue weighted by Crippen LogP contribution is -2.20. The lowest BCUT2D eigenvalue weighted by atomic mass is 9.83. The van der Waals surface area contributed by atoms with E-state index in [9.17, 15) is 4.79 Å². The van der Waals surface area contributed by atoms with Crippen molar-refractivity contribution in [2.45, 2.75) is 19.8 Å². The van der Waals surface area contributed by atoms with Crippen molar-refractivity contribution >= 4 is 5.78 Å². The second-order valence-electron chi connectivity index (χ2n) is 4.17. The molecule has 0 amide bonds. The van der Waals surface area contributed by atoms with Gasteiger partial charge in [0, 0.05) is 11.5 Å². The largest absolute Gasteiger partial charge is 0.493 e. The second kappa shape index (κ2) is 4.16. The van der Waals surface area contributed by atoms with E-state index in [2.05, 4.69) is 0 Å². The molecule has 1 aliphatic carbocycles. The number of carbonyl (C=O) groups is 1. The third-order valence-electron chi connectivity index (χ3n) is 3.17. The number of carbonyl (C=O) groups excluding carboxylic acids is 1. The van der Waals surface area contributed by atoms with Gasteiger partial charge in [0.1, 0.15) is 0 Å². The first-order valence-corrected chi connectivity index (χ1v) is 5.46. The fraction of sp³-hybridized carbons (Fsp3) is 0.462. The lowest BCUT2D eigenvalue weighted by Gasteiger charge is -2.21. The Morgan fingerprint density at radius 2 is 1.81 bits per heavy atom. The average molecular weight is 220 g/mol. The number of methoxy groups -OCH3 is 2. The van der Waals surface area contributed by atoms with Crippen LogP contribution < -0.4 is 9.47 Å². The summed E-state index contributed by atoms with van der Waals surface area (Å²) in [7, 11) is 3.19. The van der Waals surface area contributed by atoms with Crippen molar-refractivity contribution in [1.82, 2.24) is 0 Å². The highest BCUT2D eigenvalue weighted by Gasteiger charge is 2.25. The second-order valence-corrected chi connectivity index (χ2v) is 4.17. The topological polar surface area (TPSA) is 35.5 Å². The van der Waals surface area contributed by atoms with Gasteiger partial charge in [-0.25, -0.2) is 0 Å². The molecule has 0 unspecified atom stereocenters. The summed E-state index contributed by atoms with van der Waals surface area (Å²) in [6.07, 6.45) is 1.85. The van der Waals surface area contributed by atoms with Gasteiger partial charge in [0.15, 0.2) is 17.3 Å². The van der Waals surface area contributed by atoms with Crippen LogP contribution in [0.3, 0.4) is 0 Å². The predicted octanol–water partition coefficient (Wildman–Crippen LogP) is 2.47. The van der Waals surface area contributed by atoms with Gasteiger partial charge >= 0.3 is 0 Å². The maximum Gasteiger partial charge on any atom is 0.166 e. The summed E-state index contributed by atoms with van der Waals surface area (Å²) in [6, 6.07) is 3.71. The Morgan fingerprint density at radius 1 is 1.19 bits per heavy atom. The molecule has 0 saturated heterocycles. The van der Waals surface area contributed by atoms with Crippen molar-refractivity contribution in [3.05, 3.63) is 23.3 Å². The van der Waals surface area contributed by atoms with Crippen LogP contribution in [0.4, 0.5) is 0 Å². The minimum Gasteiger partial charge on any atom is -0.493 e. The highest BCUT2D eigenvalue weighted by molar-refractivity contribution is 6.00. The number of rotatable bonds is 2. The first kappa shape index (κ1) is 11.0. The van der Waals surface area contributed by atoms with Crippen LogP contribution >= 0.6 is 0 Å². The lowest BCUT2D eigenvalue weighted by molar-refractivity contribution is 0.0913. The monoisotopic (exact) mass is 220 g/mol. The first-order valence-electron chi connectivity index (χ1n) is 5.46. The SMILES string of the molecule is COc1cc2c(cc1OC)C(=O)[C@@H](C)CC2. The molecule has 1 atom stereocenters. The fourth-order valence-electron chi connectivity index (χ4n) is 2.13. The van der Waals surface area contributed by atoms with Crippen LogP contribution in [0.25, 0.3) is 0 Å². The quantitative estimate of drug-likeness (QED) is 0.768. The Morgan fingerprint density at radius 3 is 2.44 bits per heavy atom. The minimum absolute atomic E-state index is 0.116. The summed E-state index contributed by atoms with van der Waals surface area (Å²) >= 11 is 0. The van der Waals surface area contributed by atoms with E-state index in [4.69, 9.17) is 9.47 Å². The molecule has 0 saturated carbocycles. The maximum atomic E-state index is 12.0. The zero-order valence-corrected chi connectivity index (χ0v) is 9.87. The molecule has 2 rings (SSSR count). The summed E-state index contributed by atoms with van der Waals surface area (Å²) in [5, 5.41) is 0. The van der Waals surface area contributed by atoms with E-state index in [1.165, 1.54) is 0 Å². The Balaban J connectivity index is 2.52. The molecule has 1 aromatic carbocycles. The molecular weight excluding hydrogens is 204 g/mol. The van der Waals surface area contributed by atoms with Crippen molar-refractivity contribution in [2.24, 2.45) is 5.92 Å². The molecule has 0 heterocycles. The van der Waals surface area contributed by atoms with E-state index in [0.29, 0.717) is 11.5 Å². The number of hydrogen-bond acceptors (Lipinski definition) is 3. The molecule has 1 aromatic rings.